The van der Waals surface area contributed by atoms with E-state index < -0.39 is 6.04 Å². The second kappa shape index (κ2) is 12.9. The van der Waals surface area contributed by atoms with Gasteiger partial charge >= 0.3 is 0 Å². The van der Waals surface area contributed by atoms with Crippen LogP contribution in [0.5, 0.6) is 0 Å². The standard InChI is InChI=1S/C25H33BrN2O2S/c1-5-19(4)27-25(30)23(6-2)28(15-21-10-8-7-9-18(21)3)24(29)17-31-16-20-11-13-22(26)14-12-20/h7-14,19,23H,5-6,15-17H2,1-4H3,(H,27,30)/t19-,23+/m0/s1. The van der Waals surface area contributed by atoms with Crippen LogP contribution in [0.25, 0.3) is 0 Å². The van der Waals surface area contributed by atoms with E-state index in [1.54, 1.807) is 16.7 Å². The van der Waals surface area contributed by atoms with Gasteiger partial charge in [-0.3, -0.25) is 9.59 Å². The third kappa shape index (κ3) is 8.00. The minimum Gasteiger partial charge on any atom is -0.352 e. The number of carbonyl (C=O) groups excluding carboxylic acids is 2. The van der Waals surface area contributed by atoms with Crippen molar-refractivity contribution in [3.8, 4) is 0 Å². The number of hydrogen-bond donors (Lipinski definition) is 1. The molecule has 2 atom stereocenters. The van der Waals surface area contributed by atoms with Crippen molar-refractivity contribution >= 4 is 39.5 Å². The number of thioether (sulfide) groups is 1. The normalized spacial score (nSPS) is 12.8. The first-order valence-electron chi connectivity index (χ1n) is 10.8. The Bertz CT molecular complexity index is 857. The maximum atomic E-state index is 13.3. The summed E-state index contributed by atoms with van der Waals surface area (Å²) in [6.07, 6.45) is 1.44. The predicted octanol–water partition coefficient (Wildman–Crippen LogP) is 5.71. The number of amides is 2. The fraction of sp³-hybridized carbons (Fsp3) is 0.440. The van der Waals surface area contributed by atoms with Crippen molar-refractivity contribution in [2.45, 2.75) is 64.9 Å². The minimum absolute atomic E-state index is 0.00323. The van der Waals surface area contributed by atoms with Gasteiger partial charge in [-0.2, -0.15) is 0 Å². The van der Waals surface area contributed by atoms with Gasteiger partial charge in [0, 0.05) is 22.8 Å². The summed E-state index contributed by atoms with van der Waals surface area (Å²) in [6, 6.07) is 15.8. The van der Waals surface area contributed by atoms with Gasteiger partial charge in [0.15, 0.2) is 0 Å². The Labute approximate surface area is 199 Å². The molecule has 0 heterocycles. The van der Waals surface area contributed by atoms with E-state index in [4.69, 9.17) is 0 Å². The Kier molecular flexibility index (Phi) is 10.6. The number of benzene rings is 2. The molecule has 31 heavy (non-hydrogen) atoms. The highest BCUT2D eigenvalue weighted by atomic mass is 79.9. The summed E-state index contributed by atoms with van der Waals surface area (Å²) in [5, 5.41) is 3.06. The van der Waals surface area contributed by atoms with E-state index in [1.165, 1.54) is 5.56 Å². The molecule has 2 aromatic rings. The molecule has 1 N–H and O–H groups in total. The van der Waals surface area contributed by atoms with Crippen molar-refractivity contribution in [2.24, 2.45) is 0 Å². The van der Waals surface area contributed by atoms with Crippen molar-refractivity contribution in [1.82, 2.24) is 10.2 Å². The number of rotatable bonds is 11. The van der Waals surface area contributed by atoms with E-state index in [1.807, 2.05) is 64.1 Å². The Morgan fingerprint density at radius 1 is 1.06 bits per heavy atom. The number of nitrogens with one attached hydrogen (secondary N) is 1. The van der Waals surface area contributed by atoms with E-state index in [0.717, 1.165) is 27.8 Å². The van der Waals surface area contributed by atoms with E-state index in [9.17, 15) is 9.59 Å². The van der Waals surface area contributed by atoms with Crippen LogP contribution in [-0.2, 0) is 21.9 Å². The molecule has 4 nitrogen and oxygen atoms in total. The molecule has 0 aliphatic carbocycles. The molecule has 0 aliphatic rings. The number of nitrogens with zero attached hydrogens (tertiary/aromatic N) is 1. The first-order valence-corrected chi connectivity index (χ1v) is 12.8. The van der Waals surface area contributed by atoms with Crippen molar-refractivity contribution < 1.29 is 9.59 Å². The van der Waals surface area contributed by atoms with Crippen LogP contribution in [0.2, 0.25) is 0 Å². The monoisotopic (exact) mass is 504 g/mol. The third-order valence-electron chi connectivity index (χ3n) is 5.40. The lowest BCUT2D eigenvalue weighted by Crippen LogP contribution is -2.51. The molecule has 168 valence electrons. The van der Waals surface area contributed by atoms with Gasteiger partial charge in [-0.15, -0.1) is 11.8 Å². The fourth-order valence-electron chi connectivity index (χ4n) is 3.25. The SMILES string of the molecule is CC[C@H](C(=O)N[C@@H](C)CC)N(Cc1ccccc1C)C(=O)CSCc1ccc(Br)cc1. The summed E-state index contributed by atoms with van der Waals surface area (Å²) in [7, 11) is 0. The lowest BCUT2D eigenvalue weighted by atomic mass is 10.1. The van der Waals surface area contributed by atoms with Crippen LogP contribution in [0.4, 0.5) is 0 Å². The van der Waals surface area contributed by atoms with Crippen LogP contribution >= 0.6 is 27.7 Å². The number of hydrogen-bond acceptors (Lipinski definition) is 3. The molecular weight excluding hydrogens is 472 g/mol. The molecule has 0 radical (unpaired) electrons. The second-order valence-electron chi connectivity index (χ2n) is 7.81. The van der Waals surface area contributed by atoms with Gasteiger partial charge in [-0.05, 0) is 55.5 Å². The van der Waals surface area contributed by atoms with Gasteiger partial charge in [0.05, 0.1) is 5.75 Å². The van der Waals surface area contributed by atoms with Gasteiger partial charge < -0.3 is 10.2 Å². The maximum absolute atomic E-state index is 13.3. The highest BCUT2D eigenvalue weighted by Crippen LogP contribution is 2.20. The summed E-state index contributed by atoms with van der Waals surface area (Å²) < 4.78 is 1.04. The largest absolute Gasteiger partial charge is 0.352 e. The van der Waals surface area contributed by atoms with Crippen LogP contribution in [0.1, 0.15) is 50.3 Å². The summed E-state index contributed by atoms with van der Waals surface area (Å²) in [4.78, 5) is 28.0. The lowest BCUT2D eigenvalue weighted by Gasteiger charge is -2.32. The first kappa shape index (κ1) is 25.5. The van der Waals surface area contributed by atoms with Gasteiger partial charge in [0.1, 0.15) is 6.04 Å². The number of halogens is 1. The summed E-state index contributed by atoms with van der Waals surface area (Å²) in [5.41, 5.74) is 3.37. The Morgan fingerprint density at radius 3 is 2.35 bits per heavy atom. The van der Waals surface area contributed by atoms with Crippen molar-refractivity contribution in [1.29, 1.82) is 0 Å². The lowest BCUT2D eigenvalue weighted by molar-refractivity contribution is -0.139. The van der Waals surface area contributed by atoms with Crippen LogP contribution in [0, 0.1) is 6.92 Å². The topological polar surface area (TPSA) is 49.4 Å². The van der Waals surface area contributed by atoms with E-state index in [-0.39, 0.29) is 17.9 Å². The van der Waals surface area contributed by atoms with Crippen molar-refractivity contribution in [3.05, 3.63) is 69.7 Å². The molecule has 0 saturated heterocycles. The molecule has 0 saturated carbocycles. The molecule has 2 aromatic carbocycles. The van der Waals surface area contributed by atoms with E-state index in [0.29, 0.717) is 18.7 Å². The zero-order valence-corrected chi connectivity index (χ0v) is 21.3. The van der Waals surface area contributed by atoms with E-state index in [2.05, 4.69) is 33.4 Å². The molecule has 6 heteroatoms. The smallest absolute Gasteiger partial charge is 0.243 e. The quantitative estimate of drug-likeness (QED) is 0.426. The minimum atomic E-state index is -0.477. The second-order valence-corrected chi connectivity index (χ2v) is 9.71. The summed E-state index contributed by atoms with van der Waals surface area (Å²) in [6.45, 7) is 8.48. The first-order chi connectivity index (χ1) is 14.8. The Balaban J connectivity index is 2.14. The van der Waals surface area contributed by atoms with Crippen LogP contribution in [0.15, 0.2) is 53.0 Å². The summed E-state index contributed by atoms with van der Waals surface area (Å²) >= 11 is 5.03. The maximum Gasteiger partial charge on any atom is 0.243 e. The highest BCUT2D eigenvalue weighted by molar-refractivity contribution is 9.10. The Hall–Kier alpha value is -1.79. The Morgan fingerprint density at radius 2 is 1.74 bits per heavy atom. The third-order valence-corrected chi connectivity index (χ3v) is 6.91. The molecule has 0 aromatic heterocycles. The van der Waals surface area contributed by atoms with Gasteiger partial charge in [0.25, 0.3) is 0 Å². The van der Waals surface area contributed by atoms with Crippen LogP contribution in [0.3, 0.4) is 0 Å². The zero-order chi connectivity index (χ0) is 22.8. The molecule has 2 amide bonds. The molecule has 0 unspecified atom stereocenters. The molecule has 0 aliphatic heterocycles. The van der Waals surface area contributed by atoms with Crippen molar-refractivity contribution in [2.75, 3.05) is 5.75 Å². The highest BCUT2D eigenvalue weighted by Gasteiger charge is 2.29. The van der Waals surface area contributed by atoms with E-state index >= 15 is 0 Å². The summed E-state index contributed by atoms with van der Waals surface area (Å²) in [5.74, 6) is 1.02. The predicted molar refractivity (Wildman–Crippen MR) is 134 cm³/mol. The van der Waals surface area contributed by atoms with Gasteiger partial charge in [0.2, 0.25) is 11.8 Å². The van der Waals surface area contributed by atoms with Crippen LogP contribution in [-0.4, -0.2) is 34.6 Å². The van der Waals surface area contributed by atoms with Gasteiger partial charge in [-0.25, -0.2) is 0 Å². The average molecular weight is 506 g/mol. The number of aryl methyl sites for hydroxylation is 1. The molecule has 0 fully saturated rings. The van der Waals surface area contributed by atoms with Crippen molar-refractivity contribution in [3.63, 3.8) is 0 Å². The number of carbonyl (C=O) groups is 2. The molecule has 0 spiro atoms. The average Bonchev–Trinajstić information content (AvgIpc) is 2.76. The molecule has 2 rings (SSSR count). The molecule has 0 bridgehead atoms. The molecular formula is C25H33BrN2O2S. The van der Waals surface area contributed by atoms with Crippen LogP contribution < -0.4 is 5.32 Å². The zero-order valence-electron chi connectivity index (χ0n) is 18.9. The fourth-order valence-corrected chi connectivity index (χ4v) is 4.39. The van der Waals surface area contributed by atoms with Gasteiger partial charge in [-0.1, -0.05) is 66.2 Å².